The number of aromatic nitrogens is 3. The van der Waals surface area contributed by atoms with Crippen molar-refractivity contribution in [3.63, 3.8) is 0 Å². The van der Waals surface area contributed by atoms with Crippen molar-refractivity contribution in [1.82, 2.24) is 24.0 Å². The van der Waals surface area contributed by atoms with Gasteiger partial charge < -0.3 is 0 Å². The largest absolute Gasteiger partial charge is 0.279 e. The Balaban J connectivity index is 1.68. The highest BCUT2D eigenvalue weighted by atomic mass is 32.2. The number of nitrogens with one attached hydrogen (secondary N) is 1. The zero-order valence-electron chi connectivity index (χ0n) is 11.7. The number of hydrogen-bond acceptors (Lipinski definition) is 4. The second kappa shape index (κ2) is 5.42. The molecular formula is C12H21N5O2S. The average molecular weight is 299 g/mol. The van der Waals surface area contributed by atoms with Crippen LogP contribution < -0.4 is 4.72 Å². The van der Waals surface area contributed by atoms with Gasteiger partial charge >= 0.3 is 0 Å². The van der Waals surface area contributed by atoms with Crippen molar-refractivity contribution in [3.05, 3.63) is 11.9 Å². The quantitative estimate of drug-likeness (QED) is 0.828. The molecule has 2 heterocycles. The van der Waals surface area contributed by atoms with Crippen molar-refractivity contribution in [2.24, 2.45) is 0 Å². The normalized spacial score (nSPS) is 24.4. The van der Waals surface area contributed by atoms with Crippen molar-refractivity contribution >= 4 is 10.2 Å². The van der Waals surface area contributed by atoms with Crippen LogP contribution in [0.5, 0.6) is 0 Å². The molecule has 3 rings (SSSR count). The minimum Gasteiger partial charge on any atom is -0.251 e. The van der Waals surface area contributed by atoms with Crippen molar-refractivity contribution in [1.29, 1.82) is 0 Å². The van der Waals surface area contributed by atoms with Gasteiger partial charge in [-0.05, 0) is 25.7 Å². The highest BCUT2D eigenvalue weighted by Gasteiger charge is 2.34. The van der Waals surface area contributed by atoms with E-state index in [-0.39, 0.29) is 6.04 Å². The number of nitrogens with zero attached hydrogens (tertiary/aromatic N) is 4. The maximum absolute atomic E-state index is 12.1. The van der Waals surface area contributed by atoms with Crippen LogP contribution in [0.1, 0.15) is 44.2 Å². The lowest BCUT2D eigenvalue weighted by atomic mass is 10.2. The van der Waals surface area contributed by atoms with E-state index in [0.717, 1.165) is 18.5 Å². The highest BCUT2D eigenvalue weighted by Crippen LogP contribution is 2.38. The van der Waals surface area contributed by atoms with Gasteiger partial charge in [0.15, 0.2) is 0 Å². The highest BCUT2D eigenvalue weighted by molar-refractivity contribution is 7.87. The van der Waals surface area contributed by atoms with Crippen LogP contribution >= 0.6 is 0 Å². The molecule has 1 saturated heterocycles. The maximum atomic E-state index is 12.1. The zero-order valence-corrected chi connectivity index (χ0v) is 12.5. The molecule has 7 nitrogen and oxygen atoms in total. The van der Waals surface area contributed by atoms with E-state index in [9.17, 15) is 8.42 Å². The molecule has 1 N–H and O–H groups in total. The molecule has 20 heavy (non-hydrogen) atoms. The minimum absolute atomic E-state index is 0.0206. The van der Waals surface area contributed by atoms with E-state index in [0.29, 0.717) is 25.6 Å². The molecule has 0 aromatic carbocycles. The topological polar surface area (TPSA) is 80.1 Å². The molecule has 1 aromatic rings. The molecule has 112 valence electrons. The first-order valence-corrected chi connectivity index (χ1v) is 8.70. The molecule has 8 heteroatoms. The van der Waals surface area contributed by atoms with Gasteiger partial charge in [-0.1, -0.05) is 12.1 Å². The predicted molar refractivity (Wildman–Crippen MR) is 74.3 cm³/mol. The summed E-state index contributed by atoms with van der Waals surface area (Å²) in [5.74, 6) is 0.578. The Morgan fingerprint density at radius 2 is 2.20 bits per heavy atom. The van der Waals surface area contributed by atoms with E-state index in [4.69, 9.17) is 0 Å². The molecule has 1 aliphatic heterocycles. The van der Waals surface area contributed by atoms with E-state index in [1.807, 2.05) is 6.20 Å². The molecule has 0 radical (unpaired) electrons. The van der Waals surface area contributed by atoms with Crippen LogP contribution in [0.3, 0.4) is 0 Å². The molecule has 1 saturated carbocycles. The molecule has 1 atom stereocenters. The molecule has 1 aliphatic carbocycles. The van der Waals surface area contributed by atoms with Crippen molar-refractivity contribution < 1.29 is 8.42 Å². The van der Waals surface area contributed by atoms with Gasteiger partial charge in [0.05, 0.1) is 12.2 Å². The first kappa shape index (κ1) is 14.0. The summed E-state index contributed by atoms with van der Waals surface area (Å²) in [6.07, 6.45) is 6.14. The van der Waals surface area contributed by atoms with Crippen molar-refractivity contribution in [2.45, 2.75) is 51.1 Å². The third-order valence-corrected chi connectivity index (χ3v) is 5.66. The summed E-state index contributed by atoms with van der Waals surface area (Å²) in [4.78, 5) is 0. The molecule has 2 fully saturated rings. The zero-order chi connectivity index (χ0) is 14.2. The summed E-state index contributed by atoms with van der Waals surface area (Å²) in [6.45, 7) is 3.39. The Morgan fingerprint density at radius 1 is 1.40 bits per heavy atom. The van der Waals surface area contributed by atoms with Crippen LogP contribution in [-0.4, -0.2) is 46.8 Å². The van der Waals surface area contributed by atoms with Gasteiger partial charge in [0.2, 0.25) is 0 Å². The maximum Gasteiger partial charge on any atom is 0.279 e. The summed E-state index contributed by atoms with van der Waals surface area (Å²) >= 11 is 0. The van der Waals surface area contributed by atoms with Gasteiger partial charge in [-0.3, -0.25) is 4.68 Å². The molecule has 0 bridgehead atoms. The van der Waals surface area contributed by atoms with Gasteiger partial charge in [-0.25, -0.2) is 4.72 Å². The molecular weight excluding hydrogens is 278 g/mol. The Morgan fingerprint density at radius 3 is 2.90 bits per heavy atom. The van der Waals surface area contributed by atoms with E-state index in [1.165, 1.54) is 12.8 Å². The van der Waals surface area contributed by atoms with Crippen LogP contribution in [0, 0.1) is 0 Å². The second-order valence-corrected chi connectivity index (χ2v) is 7.26. The van der Waals surface area contributed by atoms with E-state index >= 15 is 0 Å². The third kappa shape index (κ3) is 2.87. The molecule has 0 unspecified atom stereocenters. The summed E-state index contributed by atoms with van der Waals surface area (Å²) in [5, 5.41) is 8.30. The van der Waals surface area contributed by atoms with Crippen molar-refractivity contribution in [3.8, 4) is 0 Å². The standard InChI is InChI=1S/C12H21N5O2S/c1-2-13-20(18,19)17-7-3-4-11(17)8-16-9-12(14-15-16)10-5-6-10/h9-11,13H,2-8H2,1H3/t11-/m0/s1. The van der Waals surface area contributed by atoms with Crippen molar-refractivity contribution in [2.75, 3.05) is 13.1 Å². The van der Waals surface area contributed by atoms with Crippen LogP contribution in [0.2, 0.25) is 0 Å². The average Bonchev–Trinajstić information content (AvgIpc) is 2.96. The lowest BCUT2D eigenvalue weighted by Gasteiger charge is -2.23. The van der Waals surface area contributed by atoms with Gasteiger partial charge in [-0.2, -0.15) is 12.7 Å². The summed E-state index contributed by atoms with van der Waals surface area (Å²) in [5.41, 5.74) is 1.05. The summed E-state index contributed by atoms with van der Waals surface area (Å²) in [7, 11) is -3.35. The Hall–Kier alpha value is -0.990. The molecule has 0 spiro atoms. The Labute approximate surface area is 119 Å². The SMILES string of the molecule is CCNS(=O)(=O)N1CCC[C@H]1Cn1cc(C2CC2)nn1. The minimum atomic E-state index is -3.35. The van der Waals surface area contributed by atoms with Crippen LogP contribution in [0.15, 0.2) is 6.20 Å². The molecule has 1 aromatic heterocycles. The lowest BCUT2D eigenvalue weighted by Crippen LogP contribution is -2.44. The van der Waals surface area contributed by atoms with Gasteiger partial charge in [0.1, 0.15) is 0 Å². The van der Waals surface area contributed by atoms with E-state index in [2.05, 4.69) is 15.0 Å². The summed E-state index contributed by atoms with van der Waals surface area (Å²) < 4.78 is 30.2. The fraction of sp³-hybridized carbons (Fsp3) is 0.833. The Kier molecular flexibility index (Phi) is 3.78. The second-order valence-electron chi connectivity index (χ2n) is 5.55. The molecule has 0 amide bonds. The third-order valence-electron chi connectivity index (χ3n) is 3.91. The number of hydrogen-bond donors (Lipinski definition) is 1. The van der Waals surface area contributed by atoms with Crippen LogP contribution in [0.4, 0.5) is 0 Å². The first-order chi connectivity index (χ1) is 9.60. The monoisotopic (exact) mass is 299 g/mol. The fourth-order valence-corrected chi connectivity index (χ4v) is 4.22. The predicted octanol–water partition coefficient (Wildman–Crippen LogP) is 0.474. The number of rotatable bonds is 6. The smallest absolute Gasteiger partial charge is 0.251 e. The van der Waals surface area contributed by atoms with Crippen LogP contribution in [0.25, 0.3) is 0 Å². The Bertz CT molecular complexity index is 566. The summed E-state index contributed by atoms with van der Waals surface area (Å²) in [6, 6.07) is -0.0206. The van der Waals surface area contributed by atoms with Crippen LogP contribution in [-0.2, 0) is 16.8 Å². The molecule has 2 aliphatic rings. The van der Waals surface area contributed by atoms with Gasteiger partial charge in [-0.15, -0.1) is 5.10 Å². The van der Waals surface area contributed by atoms with Gasteiger partial charge in [0, 0.05) is 31.2 Å². The lowest BCUT2D eigenvalue weighted by molar-refractivity contribution is 0.334. The fourth-order valence-electron chi connectivity index (χ4n) is 2.76. The van der Waals surface area contributed by atoms with E-state index < -0.39 is 10.2 Å². The van der Waals surface area contributed by atoms with Gasteiger partial charge in [0.25, 0.3) is 10.2 Å². The van der Waals surface area contributed by atoms with E-state index in [1.54, 1.807) is 15.9 Å². The first-order valence-electron chi connectivity index (χ1n) is 7.26.